The minimum absolute atomic E-state index is 0.0384. The summed E-state index contributed by atoms with van der Waals surface area (Å²) in [4.78, 5) is 24.2. The summed E-state index contributed by atoms with van der Waals surface area (Å²) in [6, 6.07) is 9.34. The third-order valence-electron chi connectivity index (χ3n) is 5.24. The van der Waals surface area contributed by atoms with Crippen molar-refractivity contribution in [3.05, 3.63) is 52.6 Å². The zero-order chi connectivity index (χ0) is 19.2. The molecule has 2 aromatic rings. The molecule has 0 saturated heterocycles. The average molecular weight is 371 g/mol. The van der Waals surface area contributed by atoms with Crippen LogP contribution in [0.5, 0.6) is 0 Å². The lowest BCUT2D eigenvalue weighted by molar-refractivity contribution is -0.122. The van der Waals surface area contributed by atoms with Gasteiger partial charge in [-0.05, 0) is 55.5 Å². The predicted octanol–water partition coefficient (Wildman–Crippen LogP) is 3.52. The van der Waals surface area contributed by atoms with Crippen LogP contribution in [-0.2, 0) is 11.3 Å². The minimum Gasteiger partial charge on any atom is -0.353 e. The quantitative estimate of drug-likeness (QED) is 0.845. The Morgan fingerprint density at radius 1 is 1.19 bits per heavy atom. The van der Waals surface area contributed by atoms with Gasteiger partial charge in [-0.1, -0.05) is 19.8 Å². The summed E-state index contributed by atoms with van der Waals surface area (Å²) < 4.78 is 14.4. The molecule has 27 heavy (non-hydrogen) atoms. The summed E-state index contributed by atoms with van der Waals surface area (Å²) in [6.45, 7) is 2.57. The van der Waals surface area contributed by atoms with Crippen LogP contribution in [0.15, 0.2) is 41.2 Å². The molecule has 0 spiro atoms. The Labute approximate surface area is 158 Å². The number of benzene rings is 1. The van der Waals surface area contributed by atoms with Gasteiger partial charge in [0.25, 0.3) is 5.56 Å². The number of amides is 1. The Kier molecular flexibility index (Phi) is 6.37. The molecule has 0 bridgehead atoms. The SMILES string of the molecule is CC1CCCCC1NC(=O)CCCn1nc(-c2ccc(F)cc2)ccc1=O. The topological polar surface area (TPSA) is 64.0 Å². The number of aryl methyl sites for hydroxylation is 1. The first-order valence-electron chi connectivity index (χ1n) is 9.66. The van der Waals surface area contributed by atoms with Gasteiger partial charge < -0.3 is 5.32 Å². The van der Waals surface area contributed by atoms with E-state index in [4.69, 9.17) is 0 Å². The van der Waals surface area contributed by atoms with E-state index in [0.717, 1.165) is 12.0 Å². The highest BCUT2D eigenvalue weighted by Gasteiger charge is 2.22. The smallest absolute Gasteiger partial charge is 0.266 e. The van der Waals surface area contributed by atoms with Gasteiger partial charge in [-0.15, -0.1) is 0 Å². The largest absolute Gasteiger partial charge is 0.353 e. The van der Waals surface area contributed by atoms with Crippen molar-refractivity contribution in [2.75, 3.05) is 0 Å². The number of rotatable bonds is 6. The van der Waals surface area contributed by atoms with E-state index in [9.17, 15) is 14.0 Å². The van der Waals surface area contributed by atoms with Gasteiger partial charge in [0.05, 0.1) is 5.69 Å². The summed E-state index contributed by atoms with van der Waals surface area (Å²) in [5, 5.41) is 7.48. The third kappa shape index (κ3) is 5.25. The molecular weight excluding hydrogens is 345 g/mol. The second kappa shape index (κ2) is 8.93. The Bertz CT molecular complexity index is 832. The maximum Gasteiger partial charge on any atom is 0.266 e. The molecular formula is C21H26FN3O2. The maximum absolute atomic E-state index is 13.1. The van der Waals surface area contributed by atoms with Crippen LogP contribution < -0.4 is 10.9 Å². The second-order valence-corrected chi connectivity index (χ2v) is 7.33. The molecule has 5 nitrogen and oxygen atoms in total. The lowest BCUT2D eigenvalue weighted by Crippen LogP contribution is -2.41. The highest BCUT2D eigenvalue weighted by Crippen LogP contribution is 2.23. The van der Waals surface area contributed by atoms with Gasteiger partial charge >= 0.3 is 0 Å². The average Bonchev–Trinajstić information content (AvgIpc) is 2.66. The molecule has 1 heterocycles. The van der Waals surface area contributed by atoms with Crippen LogP contribution in [0.25, 0.3) is 11.3 Å². The van der Waals surface area contributed by atoms with Gasteiger partial charge in [0.2, 0.25) is 5.91 Å². The van der Waals surface area contributed by atoms with Crippen LogP contribution in [-0.4, -0.2) is 21.7 Å². The van der Waals surface area contributed by atoms with E-state index in [2.05, 4.69) is 17.3 Å². The number of carbonyl (C=O) groups excluding carboxylic acids is 1. The van der Waals surface area contributed by atoms with Crippen LogP contribution >= 0.6 is 0 Å². The van der Waals surface area contributed by atoms with E-state index in [1.54, 1.807) is 18.2 Å². The van der Waals surface area contributed by atoms with E-state index in [-0.39, 0.29) is 23.3 Å². The van der Waals surface area contributed by atoms with Crippen molar-refractivity contribution >= 4 is 5.91 Å². The van der Waals surface area contributed by atoms with Crippen LogP contribution in [0.4, 0.5) is 4.39 Å². The van der Waals surface area contributed by atoms with Crippen molar-refractivity contribution in [1.82, 2.24) is 15.1 Å². The Morgan fingerprint density at radius 3 is 2.67 bits per heavy atom. The number of carbonyl (C=O) groups is 1. The summed E-state index contributed by atoms with van der Waals surface area (Å²) >= 11 is 0. The fraction of sp³-hybridized carbons (Fsp3) is 0.476. The molecule has 1 amide bonds. The molecule has 6 heteroatoms. The second-order valence-electron chi connectivity index (χ2n) is 7.33. The van der Waals surface area contributed by atoms with Gasteiger partial charge in [0.1, 0.15) is 5.82 Å². The maximum atomic E-state index is 13.1. The highest BCUT2D eigenvalue weighted by molar-refractivity contribution is 5.76. The van der Waals surface area contributed by atoms with Gasteiger partial charge in [-0.3, -0.25) is 9.59 Å². The van der Waals surface area contributed by atoms with Gasteiger partial charge in [-0.2, -0.15) is 5.10 Å². The van der Waals surface area contributed by atoms with Gasteiger partial charge in [0.15, 0.2) is 0 Å². The number of nitrogens with zero attached hydrogens (tertiary/aromatic N) is 2. The molecule has 1 saturated carbocycles. The Balaban J connectivity index is 1.56. The molecule has 2 atom stereocenters. The molecule has 1 fully saturated rings. The lowest BCUT2D eigenvalue weighted by Gasteiger charge is -2.29. The molecule has 1 aliphatic carbocycles. The van der Waals surface area contributed by atoms with E-state index in [1.165, 1.54) is 42.1 Å². The molecule has 1 N–H and O–H groups in total. The van der Waals surface area contributed by atoms with E-state index < -0.39 is 0 Å². The summed E-state index contributed by atoms with van der Waals surface area (Å²) in [7, 11) is 0. The Hall–Kier alpha value is -2.50. The molecule has 2 unspecified atom stereocenters. The van der Waals surface area contributed by atoms with Crippen molar-refractivity contribution < 1.29 is 9.18 Å². The van der Waals surface area contributed by atoms with Crippen LogP contribution in [0.3, 0.4) is 0 Å². The Morgan fingerprint density at radius 2 is 1.93 bits per heavy atom. The zero-order valence-corrected chi connectivity index (χ0v) is 15.7. The van der Waals surface area contributed by atoms with Gasteiger partial charge in [-0.25, -0.2) is 9.07 Å². The van der Waals surface area contributed by atoms with Crippen LogP contribution in [0.2, 0.25) is 0 Å². The first kappa shape index (κ1) is 19.3. The molecule has 144 valence electrons. The number of halogens is 1. The van der Waals surface area contributed by atoms with Crippen LogP contribution in [0.1, 0.15) is 45.4 Å². The summed E-state index contributed by atoms with van der Waals surface area (Å²) in [6.07, 6.45) is 5.55. The molecule has 0 radical (unpaired) electrons. The van der Waals surface area contributed by atoms with Crippen molar-refractivity contribution in [2.24, 2.45) is 5.92 Å². The fourth-order valence-corrected chi connectivity index (χ4v) is 3.58. The molecule has 1 aliphatic rings. The van der Waals surface area contributed by atoms with Crippen molar-refractivity contribution in [1.29, 1.82) is 0 Å². The third-order valence-corrected chi connectivity index (χ3v) is 5.24. The number of hydrogen-bond acceptors (Lipinski definition) is 3. The highest BCUT2D eigenvalue weighted by atomic mass is 19.1. The number of hydrogen-bond donors (Lipinski definition) is 1. The standard InChI is InChI=1S/C21H26FN3O2/c1-15-5-2-3-6-18(15)23-20(26)7-4-14-25-21(27)13-12-19(24-25)16-8-10-17(22)11-9-16/h8-13,15,18H,2-7,14H2,1H3,(H,23,26). The van der Waals surface area contributed by atoms with Crippen molar-refractivity contribution in [3.8, 4) is 11.3 Å². The van der Waals surface area contributed by atoms with Gasteiger partial charge in [0, 0.05) is 30.6 Å². The first-order chi connectivity index (χ1) is 13.0. The summed E-state index contributed by atoms with van der Waals surface area (Å²) in [5.41, 5.74) is 1.14. The zero-order valence-electron chi connectivity index (χ0n) is 15.7. The van der Waals surface area contributed by atoms with E-state index >= 15 is 0 Å². The predicted molar refractivity (Wildman–Crippen MR) is 103 cm³/mol. The minimum atomic E-state index is -0.314. The molecule has 1 aromatic carbocycles. The normalized spacial score (nSPS) is 19.6. The number of aromatic nitrogens is 2. The van der Waals surface area contributed by atoms with Crippen molar-refractivity contribution in [2.45, 2.75) is 58.0 Å². The molecule has 1 aromatic heterocycles. The summed E-state index contributed by atoms with van der Waals surface area (Å²) in [5.74, 6) is 0.251. The number of nitrogens with one attached hydrogen (secondary N) is 1. The fourth-order valence-electron chi connectivity index (χ4n) is 3.58. The molecule has 3 rings (SSSR count). The lowest BCUT2D eigenvalue weighted by atomic mass is 9.86. The molecule has 0 aliphatic heterocycles. The van der Waals surface area contributed by atoms with E-state index in [1.807, 2.05) is 0 Å². The van der Waals surface area contributed by atoms with E-state index in [0.29, 0.717) is 31.0 Å². The first-order valence-corrected chi connectivity index (χ1v) is 9.66. The van der Waals surface area contributed by atoms with Crippen LogP contribution in [0, 0.1) is 11.7 Å². The monoisotopic (exact) mass is 371 g/mol. The van der Waals surface area contributed by atoms with Crippen molar-refractivity contribution in [3.63, 3.8) is 0 Å².